The van der Waals surface area contributed by atoms with Crippen LogP contribution in [0.4, 0.5) is 0 Å². The molecule has 2 unspecified atom stereocenters. The summed E-state index contributed by atoms with van der Waals surface area (Å²) < 4.78 is 3.39. The molecule has 1 heterocycles. The van der Waals surface area contributed by atoms with E-state index in [9.17, 15) is 0 Å². The summed E-state index contributed by atoms with van der Waals surface area (Å²) in [6.45, 7) is 6.45. The molecule has 1 aromatic heterocycles. The predicted molar refractivity (Wildman–Crippen MR) is 85.9 cm³/mol. The Bertz CT molecular complexity index is 563. The third-order valence-corrected chi connectivity index (χ3v) is 4.18. The molecule has 0 bridgehead atoms. The molecule has 2 atom stereocenters. The average molecular weight is 344 g/mol. The summed E-state index contributed by atoms with van der Waals surface area (Å²) in [4.78, 5) is 4.73. The van der Waals surface area contributed by atoms with E-state index in [0.717, 1.165) is 28.7 Å². The van der Waals surface area contributed by atoms with Crippen molar-refractivity contribution in [1.82, 2.24) is 9.55 Å². The van der Waals surface area contributed by atoms with Crippen LogP contribution in [-0.4, -0.2) is 9.55 Å². The van der Waals surface area contributed by atoms with E-state index in [1.165, 1.54) is 11.9 Å². The fourth-order valence-corrected chi connectivity index (χ4v) is 3.11. The highest BCUT2D eigenvalue weighted by atomic mass is 79.9. The second-order valence-electron chi connectivity index (χ2n) is 4.94. The molecule has 19 heavy (non-hydrogen) atoms. The summed E-state index contributed by atoms with van der Waals surface area (Å²) in [5, 5.41) is -0.0721. The Labute approximate surface area is 128 Å². The van der Waals surface area contributed by atoms with E-state index < -0.39 is 0 Å². The molecule has 2 nitrogen and oxygen atoms in total. The summed E-state index contributed by atoms with van der Waals surface area (Å²) in [6, 6.07) is 6.75. The maximum Gasteiger partial charge on any atom is 0.127 e. The molecule has 2 rings (SSSR count). The molecule has 0 aliphatic carbocycles. The van der Waals surface area contributed by atoms with Gasteiger partial charge in [0.15, 0.2) is 0 Å². The third-order valence-electron chi connectivity index (χ3n) is 3.49. The van der Waals surface area contributed by atoms with Gasteiger partial charge in [-0.2, -0.15) is 0 Å². The van der Waals surface area contributed by atoms with Crippen LogP contribution in [0.2, 0.25) is 0 Å². The van der Waals surface area contributed by atoms with Crippen LogP contribution in [0, 0.1) is 0 Å². The van der Waals surface area contributed by atoms with E-state index >= 15 is 0 Å². The lowest BCUT2D eigenvalue weighted by molar-refractivity contribution is 0.444. The first-order valence-electron chi connectivity index (χ1n) is 6.89. The van der Waals surface area contributed by atoms with Gasteiger partial charge < -0.3 is 4.57 Å². The van der Waals surface area contributed by atoms with Crippen molar-refractivity contribution in [3.05, 3.63) is 28.5 Å². The molecular formula is C15H20BrClN2. The first-order chi connectivity index (χ1) is 9.08. The summed E-state index contributed by atoms with van der Waals surface area (Å²) in [5.41, 5.74) is 2.21. The standard InChI is InChI=1S/C15H20BrClN2/c1-4-6-12(5-2)19-14-8-7-11(16)9-13(14)18-15(19)10(3)17/h7-10,12H,4-6H2,1-3H3. The molecule has 0 spiro atoms. The number of benzene rings is 1. The molecule has 4 heteroatoms. The number of rotatable bonds is 5. The van der Waals surface area contributed by atoms with Crippen molar-refractivity contribution >= 4 is 38.6 Å². The number of hydrogen-bond donors (Lipinski definition) is 0. The summed E-state index contributed by atoms with van der Waals surface area (Å²) >= 11 is 9.83. The van der Waals surface area contributed by atoms with Crippen LogP contribution in [0.15, 0.2) is 22.7 Å². The van der Waals surface area contributed by atoms with Crippen LogP contribution in [0.5, 0.6) is 0 Å². The second kappa shape index (κ2) is 6.27. The molecule has 0 radical (unpaired) electrons. The van der Waals surface area contributed by atoms with Crippen molar-refractivity contribution in [2.45, 2.75) is 51.5 Å². The Balaban J connectivity index is 2.63. The van der Waals surface area contributed by atoms with E-state index in [4.69, 9.17) is 16.6 Å². The Kier molecular flexibility index (Phi) is 4.91. The van der Waals surface area contributed by atoms with Crippen LogP contribution in [-0.2, 0) is 0 Å². The maximum absolute atomic E-state index is 6.33. The van der Waals surface area contributed by atoms with Gasteiger partial charge in [-0.25, -0.2) is 4.98 Å². The minimum absolute atomic E-state index is 0.0721. The molecule has 0 amide bonds. The van der Waals surface area contributed by atoms with Crippen LogP contribution in [0.3, 0.4) is 0 Å². The molecule has 2 aromatic rings. The van der Waals surface area contributed by atoms with Gasteiger partial charge in [-0.05, 0) is 38.0 Å². The summed E-state index contributed by atoms with van der Waals surface area (Å²) in [6.07, 6.45) is 3.44. The number of hydrogen-bond acceptors (Lipinski definition) is 1. The number of aromatic nitrogens is 2. The third kappa shape index (κ3) is 2.97. The molecule has 104 valence electrons. The lowest BCUT2D eigenvalue weighted by Crippen LogP contribution is -2.12. The van der Waals surface area contributed by atoms with Crippen LogP contribution in [0.1, 0.15) is 57.3 Å². The van der Waals surface area contributed by atoms with Gasteiger partial charge in [-0.3, -0.25) is 0 Å². The Morgan fingerprint density at radius 3 is 2.68 bits per heavy atom. The van der Waals surface area contributed by atoms with Crippen LogP contribution < -0.4 is 0 Å². The Morgan fingerprint density at radius 2 is 2.11 bits per heavy atom. The first kappa shape index (κ1) is 14.9. The highest BCUT2D eigenvalue weighted by Gasteiger charge is 2.20. The largest absolute Gasteiger partial charge is 0.324 e. The first-order valence-corrected chi connectivity index (χ1v) is 8.12. The average Bonchev–Trinajstić information content (AvgIpc) is 2.74. The Morgan fingerprint density at radius 1 is 1.37 bits per heavy atom. The van der Waals surface area contributed by atoms with Crippen LogP contribution >= 0.6 is 27.5 Å². The maximum atomic E-state index is 6.33. The van der Waals surface area contributed by atoms with Crippen LogP contribution in [0.25, 0.3) is 11.0 Å². The molecule has 0 N–H and O–H groups in total. The van der Waals surface area contributed by atoms with Crippen molar-refractivity contribution in [3.63, 3.8) is 0 Å². The van der Waals surface area contributed by atoms with E-state index in [0.29, 0.717) is 6.04 Å². The van der Waals surface area contributed by atoms with Gasteiger partial charge in [0.1, 0.15) is 5.82 Å². The highest BCUT2D eigenvalue weighted by Crippen LogP contribution is 2.32. The topological polar surface area (TPSA) is 17.8 Å². The van der Waals surface area contributed by atoms with Crippen molar-refractivity contribution in [3.8, 4) is 0 Å². The van der Waals surface area contributed by atoms with Gasteiger partial charge in [-0.15, -0.1) is 11.6 Å². The van der Waals surface area contributed by atoms with Gasteiger partial charge >= 0.3 is 0 Å². The van der Waals surface area contributed by atoms with Gasteiger partial charge in [0.05, 0.1) is 16.4 Å². The smallest absolute Gasteiger partial charge is 0.127 e. The zero-order chi connectivity index (χ0) is 14.0. The van der Waals surface area contributed by atoms with Gasteiger partial charge in [0, 0.05) is 10.5 Å². The molecular weight excluding hydrogens is 324 g/mol. The van der Waals surface area contributed by atoms with Gasteiger partial charge in [0.25, 0.3) is 0 Å². The van der Waals surface area contributed by atoms with Gasteiger partial charge in [0.2, 0.25) is 0 Å². The minimum atomic E-state index is -0.0721. The van der Waals surface area contributed by atoms with Gasteiger partial charge in [-0.1, -0.05) is 36.2 Å². The number of fused-ring (bicyclic) bond motifs is 1. The fraction of sp³-hybridized carbons (Fsp3) is 0.533. The quantitative estimate of drug-likeness (QED) is 0.623. The van der Waals surface area contributed by atoms with Crippen molar-refractivity contribution < 1.29 is 0 Å². The molecule has 0 saturated carbocycles. The minimum Gasteiger partial charge on any atom is -0.324 e. The monoisotopic (exact) mass is 342 g/mol. The van der Waals surface area contributed by atoms with Crippen molar-refractivity contribution in [1.29, 1.82) is 0 Å². The molecule has 0 aliphatic heterocycles. The molecule has 0 aliphatic rings. The normalized spacial score (nSPS) is 14.8. The Hall–Kier alpha value is -0.540. The summed E-state index contributed by atoms with van der Waals surface area (Å²) in [7, 11) is 0. The molecule has 0 fully saturated rings. The lowest BCUT2D eigenvalue weighted by atomic mass is 10.1. The highest BCUT2D eigenvalue weighted by molar-refractivity contribution is 9.10. The van der Waals surface area contributed by atoms with E-state index in [1.807, 2.05) is 6.92 Å². The number of halogens is 2. The predicted octanol–water partition coefficient (Wildman–Crippen LogP) is 5.85. The SMILES string of the molecule is CCCC(CC)n1c(C(C)Cl)nc2cc(Br)ccc21. The van der Waals surface area contributed by atoms with E-state index in [-0.39, 0.29) is 5.38 Å². The zero-order valence-electron chi connectivity index (χ0n) is 11.7. The second-order valence-corrected chi connectivity index (χ2v) is 6.51. The van der Waals surface area contributed by atoms with E-state index in [2.05, 4.69) is 52.5 Å². The molecule has 0 saturated heterocycles. The van der Waals surface area contributed by atoms with E-state index in [1.54, 1.807) is 0 Å². The fourth-order valence-electron chi connectivity index (χ4n) is 2.60. The van der Waals surface area contributed by atoms with Crippen molar-refractivity contribution in [2.75, 3.05) is 0 Å². The lowest BCUT2D eigenvalue weighted by Gasteiger charge is -2.20. The van der Waals surface area contributed by atoms with Crippen molar-refractivity contribution in [2.24, 2.45) is 0 Å². The number of nitrogens with zero attached hydrogens (tertiary/aromatic N) is 2. The zero-order valence-corrected chi connectivity index (χ0v) is 14.0. The number of alkyl halides is 1. The number of imidazole rings is 1. The molecule has 1 aromatic carbocycles. The summed E-state index contributed by atoms with van der Waals surface area (Å²) in [5.74, 6) is 0.982.